The number of aromatic nitrogens is 1. The summed E-state index contributed by atoms with van der Waals surface area (Å²) in [7, 11) is 0. The third-order valence-electron chi connectivity index (χ3n) is 3.35. The molecule has 3 rings (SSSR count). The highest BCUT2D eigenvalue weighted by molar-refractivity contribution is 6.31. The van der Waals surface area contributed by atoms with E-state index in [2.05, 4.69) is 10.3 Å². The molecule has 1 aromatic heterocycles. The molecule has 0 saturated heterocycles. The maximum Gasteiger partial charge on any atom is 0.123 e. The Hall–Kier alpha value is -1.97. The summed E-state index contributed by atoms with van der Waals surface area (Å²) < 4.78 is 13.2. The number of fused-ring (bicyclic) bond motifs is 1. The van der Waals surface area contributed by atoms with Crippen molar-refractivity contribution in [1.82, 2.24) is 10.3 Å². The second kappa shape index (κ2) is 6.20. The molecule has 0 saturated carbocycles. The van der Waals surface area contributed by atoms with E-state index < -0.39 is 0 Å². The zero-order valence-electron chi connectivity index (χ0n) is 11.3. The molecule has 0 atom stereocenters. The van der Waals surface area contributed by atoms with Crippen LogP contribution in [0.15, 0.2) is 54.7 Å². The zero-order valence-corrected chi connectivity index (χ0v) is 12.1. The van der Waals surface area contributed by atoms with Gasteiger partial charge < -0.3 is 5.32 Å². The second-order valence-electron chi connectivity index (χ2n) is 4.83. The minimum atomic E-state index is -0.275. The average molecular weight is 301 g/mol. The smallest absolute Gasteiger partial charge is 0.123 e. The Morgan fingerprint density at radius 3 is 2.71 bits per heavy atom. The van der Waals surface area contributed by atoms with Gasteiger partial charge >= 0.3 is 0 Å². The fourth-order valence-electron chi connectivity index (χ4n) is 2.32. The molecule has 0 amide bonds. The number of hydrogen-bond donors (Lipinski definition) is 1. The Labute approximate surface area is 127 Å². The van der Waals surface area contributed by atoms with Gasteiger partial charge in [0.15, 0.2) is 0 Å². The summed E-state index contributed by atoms with van der Waals surface area (Å²) in [5.74, 6) is -0.275. The van der Waals surface area contributed by atoms with Gasteiger partial charge in [0.2, 0.25) is 0 Å². The van der Waals surface area contributed by atoms with Gasteiger partial charge in [0.1, 0.15) is 5.82 Å². The first kappa shape index (κ1) is 14.0. The van der Waals surface area contributed by atoms with E-state index in [0.717, 1.165) is 22.0 Å². The fourth-order valence-corrected chi connectivity index (χ4v) is 2.51. The summed E-state index contributed by atoms with van der Waals surface area (Å²) in [6, 6.07) is 14.4. The summed E-state index contributed by atoms with van der Waals surface area (Å²) >= 11 is 6.05. The van der Waals surface area contributed by atoms with E-state index in [9.17, 15) is 4.39 Å². The van der Waals surface area contributed by atoms with E-state index in [1.54, 1.807) is 12.3 Å². The van der Waals surface area contributed by atoms with E-state index in [1.807, 2.05) is 30.3 Å². The predicted molar refractivity (Wildman–Crippen MR) is 83.7 cm³/mol. The zero-order chi connectivity index (χ0) is 14.7. The highest BCUT2D eigenvalue weighted by Gasteiger charge is 2.04. The van der Waals surface area contributed by atoms with E-state index in [1.165, 1.54) is 12.1 Å². The summed E-state index contributed by atoms with van der Waals surface area (Å²) in [6.45, 7) is 1.17. The van der Waals surface area contributed by atoms with Gasteiger partial charge in [-0.3, -0.25) is 4.98 Å². The predicted octanol–water partition coefficient (Wildman–Crippen LogP) is 4.32. The first-order valence-electron chi connectivity index (χ1n) is 6.71. The maximum absolute atomic E-state index is 13.2. The topological polar surface area (TPSA) is 24.9 Å². The maximum atomic E-state index is 13.2. The second-order valence-corrected chi connectivity index (χ2v) is 5.24. The SMILES string of the molecule is Fc1ccc(Cl)c(CNCc2cccc3cccnc23)c1. The molecular weight excluding hydrogens is 287 g/mol. The van der Waals surface area contributed by atoms with Crippen LogP contribution >= 0.6 is 11.6 Å². The minimum absolute atomic E-state index is 0.275. The summed E-state index contributed by atoms with van der Waals surface area (Å²) in [5, 5.41) is 4.97. The molecule has 0 aliphatic rings. The number of halogens is 2. The van der Waals surface area contributed by atoms with Crippen LogP contribution in [0.25, 0.3) is 10.9 Å². The van der Waals surface area contributed by atoms with E-state index >= 15 is 0 Å². The van der Waals surface area contributed by atoms with Gasteiger partial charge in [0.05, 0.1) is 5.52 Å². The molecule has 0 bridgehead atoms. The van der Waals surface area contributed by atoms with Crippen LogP contribution in [-0.4, -0.2) is 4.98 Å². The van der Waals surface area contributed by atoms with Crippen LogP contribution < -0.4 is 5.32 Å². The number of nitrogens with zero attached hydrogens (tertiary/aromatic N) is 1. The van der Waals surface area contributed by atoms with Crippen LogP contribution in [-0.2, 0) is 13.1 Å². The number of para-hydroxylation sites is 1. The first-order valence-corrected chi connectivity index (χ1v) is 7.09. The summed E-state index contributed by atoms with van der Waals surface area (Å²) in [4.78, 5) is 4.41. The molecule has 0 unspecified atom stereocenters. The molecule has 0 aliphatic heterocycles. The van der Waals surface area contributed by atoms with E-state index in [4.69, 9.17) is 11.6 Å². The molecule has 0 fully saturated rings. The van der Waals surface area contributed by atoms with Crippen LogP contribution in [0.2, 0.25) is 5.02 Å². The van der Waals surface area contributed by atoms with Gasteiger partial charge in [-0.15, -0.1) is 0 Å². The van der Waals surface area contributed by atoms with E-state index in [0.29, 0.717) is 18.1 Å². The molecule has 3 aromatic rings. The van der Waals surface area contributed by atoms with Crippen molar-refractivity contribution in [3.63, 3.8) is 0 Å². The first-order chi connectivity index (χ1) is 10.2. The number of benzene rings is 2. The fraction of sp³-hybridized carbons (Fsp3) is 0.118. The van der Waals surface area contributed by atoms with Crippen LogP contribution in [0.1, 0.15) is 11.1 Å². The lowest BCUT2D eigenvalue weighted by Crippen LogP contribution is -2.13. The molecule has 4 heteroatoms. The Kier molecular flexibility index (Phi) is 4.13. The average Bonchev–Trinajstić information content (AvgIpc) is 2.51. The lowest BCUT2D eigenvalue weighted by molar-refractivity contribution is 0.620. The third-order valence-corrected chi connectivity index (χ3v) is 3.72. The number of rotatable bonds is 4. The molecule has 21 heavy (non-hydrogen) atoms. The minimum Gasteiger partial charge on any atom is -0.308 e. The van der Waals surface area contributed by atoms with Gasteiger partial charge in [-0.2, -0.15) is 0 Å². The number of nitrogens with one attached hydrogen (secondary N) is 1. The molecule has 0 spiro atoms. The molecule has 1 heterocycles. The van der Waals surface area contributed by atoms with Crippen LogP contribution in [0.5, 0.6) is 0 Å². The molecule has 0 radical (unpaired) electrons. The van der Waals surface area contributed by atoms with Crippen molar-refractivity contribution < 1.29 is 4.39 Å². The van der Waals surface area contributed by atoms with Crippen LogP contribution in [0.3, 0.4) is 0 Å². The molecule has 1 N–H and O–H groups in total. The normalized spacial score (nSPS) is 11.0. The number of hydrogen-bond acceptors (Lipinski definition) is 2. The molecule has 2 nitrogen and oxygen atoms in total. The third kappa shape index (κ3) is 3.20. The standard InChI is InChI=1S/C17H14ClFN2/c18-16-7-6-15(19)9-14(16)11-20-10-13-4-1-3-12-5-2-8-21-17(12)13/h1-9,20H,10-11H2. The van der Waals surface area contributed by atoms with Gasteiger partial charge in [-0.05, 0) is 35.4 Å². The van der Waals surface area contributed by atoms with E-state index in [-0.39, 0.29) is 5.82 Å². The number of pyridine rings is 1. The quantitative estimate of drug-likeness (QED) is 0.776. The monoisotopic (exact) mass is 300 g/mol. The van der Waals surface area contributed by atoms with Crippen molar-refractivity contribution >= 4 is 22.5 Å². The Morgan fingerprint density at radius 1 is 1.00 bits per heavy atom. The van der Waals surface area contributed by atoms with Crippen molar-refractivity contribution in [2.24, 2.45) is 0 Å². The van der Waals surface area contributed by atoms with Gasteiger partial charge in [0, 0.05) is 29.7 Å². The van der Waals surface area contributed by atoms with Gasteiger partial charge in [0.25, 0.3) is 0 Å². The molecular formula is C17H14ClFN2. The van der Waals surface area contributed by atoms with Crippen LogP contribution in [0, 0.1) is 5.82 Å². The van der Waals surface area contributed by atoms with Crippen LogP contribution in [0.4, 0.5) is 4.39 Å². The lowest BCUT2D eigenvalue weighted by Gasteiger charge is -2.09. The largest absolute Gasteiger partial charge is 0.308 e. The lowest BCUT2D eigenvalue weighted by atomic mass is 10.1. The Balaban J connectivity index is 1.74. The molecule has 106 valence electrons. The molecule has 2 aromatic carbocycles. The molecule has 0 aliphatic carbocycles. The van der Waals surface area contributed by atoms with Gasteiger partial charge in [-0.1, -0.05) is 35.9 Å². The Bertz CT molecular complexity index is 768. The van der Waals surface area contributed by atoms with Crippen molar-refractivity contribution in [3.05, 3.63) is 76.7 Å². The van der Waals surface area contributed by atoms with Crippen molar-refractivity contribution in [1.29, 1.82) is 0 Å². The van der Waals surface area contributed by atoms with Crippen molar-refractivity contribution in [3.8, 4) is 0 Å². The summed E-state index contributed by atoms with van der Waals surface area (Å²) in [6.07, 6.45) is 1.79. The van der Waals surface area contributed by atoms with Crippen molar-refractivity contribution in [2.45, 2.75) is 13.1 Å². The Morgan fingerprint density at radius 2 is 1.81 bits per heavy atom. The van der Waals surface area contributed by atoms with Crippen molar-refractivity contribution in [2.75, 3.05) is 0 Å². The van der Waals surface area contributed by atoms with Gasteiger partial charge in [-0.25, -0.2) is 4.39 Å². The summed E-state index contributed by atoms with van der Waals surface area (Å²) in [5.41, 5.74) is 2.85. The highest BCUT2D eigenvalue weighted by Crippen LogP contribution is 2.18. The highest BCUT2D eigenvalue weighted by atomic mass is 35.5.